The Kier molecular flexibility index (Phi) is 4.09. The number of benzene rings is 1. The first-order valence-electron chi connectivity index (χ1n) is 7.84. The van der Waals surface area contributed by atoms with E-state index in [4.69, 9.17) is 0 Å². The molecule has 2 amide bonds. The number of nitrogens with zero attached hydrogens (tertiary/aromatic N) is 1. The average Bonchev–Trinajstić information content (AvgIpc) is 2.92. The first-order valence-corrected chi connectivity index (χ1v) is 7.84. The minimum Gasteiger partial charge on any atom is -0.361 e. The summed E-state index contributed by atoms with van der Waals surface area (Å²) in [6.07, 6.45) is 2.62. The predicted octanol–water partition coefficient (Wildman–Crippen LogP) is 1.84. The van der Waals surface area contributed by atoms with Crippen molar-refractivity contribution in [2.24, 2.45) is 5.92 Å². The lowest BCUT2D eigenvalue weighted by atomic mass is 9.97. The van der Waals surface area contributed by atoms with Crippen molar-refractivity contribution in [3.63, 3.8) is 0 Å². The molecule has 1 aliphatic heterocycles. The Hall–Kier alpha value is -2.34. The summed E-state index contributed by atoms with van der Waals surface area (Å²) >= 11 is 0. The summed E-state index contributed by atoms with van der Waals surface area (Å²) in [5, 5.41) is 14.5. The Morgan fingerprint density at radius 1 is 1.26 bits per heavy atom. The van der Waals surface area contributed by atoms with Crippen LogP contribution in [0.15, 0.2) is 30.5 Å². The van der Waals surface area contributed by atoms with E-state index < -0.39 is 18.0 Å². The molecule has 0 saturated carbocycles. The second kappa shape index (κ2) is 6.04. The van der Waals surface area contributed by atoms with Gasteiger partial charge in [-0.3, -0.25) is 14.8 Å². The molecule has 1 saturated heterocycles. The number of para-hydroxylation sites is 1. The van der Waals surface area contributed by atoms with E-state index in [0.717, 1.165) is 16.5 Å². The minimum absolute atomic E-state index is 0.207. The number of aromatic nitrogens is 1. The van der Waals surface area contributed by atoms with Crippen molar-refractivity contribution in [1.29, 1.82) is 0 Å². The number of piperazine rings is 1. The standard InChI is InChI=1S/C17H21N3O3/c1-10(2)7-15-16(21)19-14(17(22)20(15)23)8-11-9-18-13-6-4-3-5-12(11)13/h3-6,9-10,14-15,18,23H,7-8H2,1-2H3,(H,19,21)/t14-,15-/m0/s1. The Morgan fingerprint density at radius 3 is 2.74 bits per heavy atom. The summed E-state index contributed by atoms with van der Waals surface area (Å²) in [5.41, 5.74) is 1.92. The number of nitrogens with one attached hydrogen (secondary N) is 2. The summed E-state index contributed by atoms with van der Waals surface area (Å²) in [5.74, 6) is -0.551. The van der Waals surface area contributed by atoms with E-state index in [0.29, 0.717) is 17.9 Å². The van der Waals surface area contributed by atoms with Crippen LogP contribution in [0.1, 0.15) is 25.8 Å². The fourth-order valence-electron chi connectivity index (χ4n) is 3.07. The van der Waals surface area contributed by atoms with Crippen molar-refractivity contribution in [3.05, 3.63) is 36.0 Å². The third kappa shape index (κ3) is 2.94. The second-order valence-electron chi connectivity index (χ2n) is 6.45. The van der Waals surface area contributed by atoms with Crippen LogP contribution in [-0.4, -0.2) is 39.2 Å². The summed E-state index contributed by atoms with van der Waals surface area (Å²) in [4.78, 5) is 27.7. The lowest BCUT2D eigenvalue weighted by Crippen LogP contribution is -2.63. The van der Waals surface area contributed by atoms with Gasteiger partial charge in [0, 0.05) is 23.5 Å². The number of aromatic amines is 1. The Balaban J connectivity index is 1.79. The average molecular weight is 315 g/mol. The molecular formula is C17H21N3O3. The van der Waals surface area contributed by atoms with Gasteiger partial charge in [-0.2, -0.15) is 0 Å². The van der Waals surface area contributed by atoms with E-state index in [1.165, 1.54) is 0 Å². The van der Waals surface area contributed by atoms with Crippen molar-refractivity contribution in [3.8, 4) is 0 Å². The molecule has 2 atom stereocenters. The Bertz CT molecular complexity index is 738. The van der Waals surface area contributed by atoms with Gasteiger partial charge >= 0.3 is 0 Å². The Morgan fingerprint density at radius 2 is 2.00 bits per heavy atom. The lowest BCUT2D eigenvalue weighted by molar-refractivity contribution is -0.190. The largest absolute Gasteiger partial charge is 0.361 e. The number of hydrogen-bond acceptors (Lipinski definition) is 3. The number of H-pyrrole nitrogens is 1. The van der Waals surface area contributed by atoms with Gasteiger partial charge in [0.05, 0.1) is 0 Å². The molecule has 6 heteroatoms. The molecule has 0 bridgehead atoms. The fraction of sp³-hybridized carbons (Fsp3) is 0.412. The minimum atomic E-state index is -0.804. The van der Waals surface area contributed by atoms with E-state index >= 15 is 0 Å². The highest BCUT2D eigenvalue weighted by molar-refractivity contribution is 5.96. The van der Waals surface area contributed by atoms with Crippen LogP contribution in [0.2, 0.25) is 0 Å². The van der Waals surface area contributed by atoms with Crippen LogP contribution in [0.25, 0.3) is 10.9 Å². The van der Waals surface area contributed by atoms with E-state index in [1.807, 2.05) is 44.3 Å². The van der Waals surface area contributed by atoms with Crippen molar-refractivity contribution in [2.45, 2.75) is 38.8 Å². The van der Waals surface area contributed by atoms with Gasteiger partial charge in [-0.05, 0) is 24.0 Å². The molecule has 6 nitrogen and oxygen atoms in total. The first kappa shape index (κ1) is 15.6. The summed E-state index contributed by atoms with van der Waals surface area (Å²) in [6, 6.07) is 6.24. The highest BCUT2D eigenvalue weighted by Crippen LogP contribution is 2.22. The number of amides is 2. The zero-order chi connectivity index (χ0) is 16.6. The van der Waals surface area contributed by atoms with E-state index in [2.05, 4.69) is 10.3 Å². The second-order valence-corrected chi connectivity index (χ2v) is 6.45. The van der Waals surface area contributed by atoms with Crippen LogP contribution >= 0.6 is 0 Å². The molecule has 23 heavy (non-hydrogen) atoms. The topological polar surface area (TPSA) is 85.4 Å². The molecule has 3 rings (SSSR count). The van der Waals surface area contributed by atoms with Crippen molar-refractivity contribution >= 4 is 22.7 Å². The summed E-state index contributed by atoms with van der Waals surface area (Å²) < 4.78 is 0. The van der Waals surface area contributed by atoms with Gasteiger partial charge in [0.1, 0.15) is 12.1 Å². The zero-order valence-corrected chi connectivity index (χ0v) is 13.2. The molecule has 2 aromatic rings. The summed E-state index contributed by atoms with van der Waals surface area (Å²) in [6.45, 7) is 3.90. The lowest BCUT2D eigenvalue weighted by Gasteiger charge is -2.35. The van der Waals surface area contributed by atoms with Crippen LogP contribution in [0.3, 0.4) is 0 Å². The molecule has 0 radical (unpaired) electrons. The zero-order valence-electron chi connectivity index (χ0n) is 13.2. The maximum atomic E-state index is 12.4. The maximum Gasteiger partial charge on any atom is 0.269 e. The molecule has 0 spiro atoms. The van der Waals surface area contributed by atoms with Gasteiger partial charge in [-0.25, -0.2) is 5.06 Å². The molecule has 122 valence electrons. The number of fused-ring (bicyclic) bond motifs is 1. The van der Waals surface area contributed by atoms with Crippen molar-refractivity contribution in [1.82, 2.24) is 15.4 Å². The fourth-order valence-corrected chi connectivity index (χ4v) is 3.07. The molecule has 0 aliphatic carbocycles. The van der Waals surface area contributed by atoms with Gasteiger partial charge in [0.25, 0.3) is 5.91 Å². The van der Waals surface area contributed by atoms with Gasteiger partial charge in [0.15, 0.2) is 0 Å². The van der Waals surface area contributed by atoms with Crippen LogP contribution in [0, 0.1) is 5.92 Å². The highest BCUT2D eigenvalue weighted by Gasteiger charge is 2.40. The van der Waals surface area contributed by atoms with Gasteiger partial charge < -0.3 is 10.3 Å². The van der Waals surface area contributed by atoms with E-state index in [1.54, 1.807) is 0 Å². The number of hydrogen-bond donors (Lipinski definition) is 3. The molecule has 1 aromatic heterocycles. The van der Waals surface area contributed by atoms with Gasteiger partial charge in [-0.1, -0.05) is 32.0 Å². The normalized spacial score (nSPS) is 22.0. The maximum absolute atomic E-state index is 12.4. The predicted molar refractivity (Wildman–Crippen MR) is 85.8 cm³/mol. The van der Waals surface area contributed by atoms with Crippen molar-refractivity contribution < 1.29 is 14.8 Å². The number of rotatable bonds is 4. The van der Waals surface area contributed by atoms with E-state index in [9.17, 15) is 14.8 Å². The smallest absolute Gasteiger partial charge is 0.269 e. The Labute approximate surface area is 134 Å². The van der Waals surface area contributed by atoms with Crippen LogP contribution in [0.4, 0.5) is 0 Å². The third-order valence-electron chi connectivity index (χ3n) is 4.23. The highest BCUT2D eigenvalue weighted by atomic mass is 16.5. The molecular weight excluding hydrogens is 294 g/mol. The molecule has 1 aliphatic rings. The van der Waals surface area contributed by atoms with Crippen LogP contribution < -0.4 is 5.32 Å². The monoisotopic (exact) mass is 315 g/mol. The molecule has 0 unspecified atom stereocenters. The summed E-state index contributed by atoms with van der Waals surface area (Å²) in [7, 11) is 0. The first-order chi connectivity index (χ1) is 11.0. The molecule has 1 aromatic carbocycles. The van der Waals surface area contributed by atoms with Gasteiger partial charge in [0.2, 0.25) is 5.91 Å². The molecule has 3 N–H and O–H groups in total. The quantitative estimate of drug-likeness (QED) is 0.753. The third-order valence-corrected chi connectivity index (χ3v) is 4.23. The van der Waals surface area contributed by atoms with Crippen LogP contribution in [0.5, 0.6) is 0 Å². The van der Waals surface area contributed by atoms with E-state index in [-0.39, 0.29) is 11.8 Å². The van der Waals surface area contributed by atoms with Gasteiger partial charge in [-0.15, -0.1) is 0 Å². The number of hydroxylamine groups is 2. The molecule has 2 heterocycles. The number of carbonyl (C=O) groups is 2. The SMILES string of the molecule is CC(C)C[C@H]1C(=O)N[C@@H](Cc2c[nH]c3ccccc23)C(=O)N1O. The number of carbonyl (C=O) groups excluding carboxylic acids is 2. The van der Waals surface area contributed by atoms with Crippen LogP contribution in [-0.2, 0) is 16.0 Å². The molecule has 1 fully saturated rings. The van der Waals surface area contributed by atoms with Crippen molar-refractivity contribution in [2.75, 3.05) is 0 Å².